The Kier molecular flexibility index (Phi) is 4.25. The van der Waals surface area contributed by atoms with E-state index in [1.54, 1.807) is 13.2 Å². The number of carbonyl (C=O) groups excluding carboxylic acids is 1. The lowest BCUT2D eigenvalue weighted by Crippen LogP contribution is -2.10. The van der Waals surface area contributed by atoms with Crippen LogP contribution in [0, 0.1) is 6.92 Å². The van der Waals surface area contributed by atoms with Crippen LogP contribution in [-0.2, 0) is 11.3 Å². The summed E-state index contributed by atoms with van der Waals surface area (Å²) in [6, 6.07) is 12.7. The standard InChI is InChI=1S/C16H17NO3/c1-11-5-3-8-14(17)15(11)16(18)20-10-12-6-4-7-13(9-12)19-2/h3-9H,10,17H2,1-2H3. The molecule has 0 heterocycles. The van der Waals surface area contributed by atoms with Crippen LogP contribution in [0.15, 0.2) is 42.5 Å². The molecule has 0 unspecified atom stereocenters. The highest BCUT2D eigenvalue weighted by atomic mass is 16.5. The van der Waals surface area contributed by atoms with Crippen LogP contribution in [0.3, 0.4) is 0 Å². The van der Waals surface area contributed by atoms with Crippen molar-refractivity contribution in [1.82, 2.24) is 0 Å². The van der Waals surface area contributed by atoms with Crippen LogP contribution in [0.1, 0.15) is 21.5 Å². The molecule has 0 aliphatic carbocycles. The van der Waals surface area contributed by atoms with Gasteiger partial charge >= 0.3 is 5.97 Å². The molecule has 0 aliphatic rings. The monoisotopic (exact) mass is 271 g/mol. The zero-order valence-electron chi connectivity index (χ0n) is 11.6. The van der Waals surface area contributed by atoms with Crippen molar-refractivity contribution in [2.24, 2.45) is 0 Å². The fourth-order valence-corrected chi connectivity index (χ4v) is 1.95. The van der Waals surface area contributed by atoms with Crippen LogP contribution in [0.25, 0.3) is 0 Å². The summed E-state index contributed by atoms with van der Waals surface area (Å²) in [4.78, 5) is 12.1. The van der Waals surface area contributed by atoms with E-state index in [4.69, 9.17) is 15.2 Å². The van der Waals surface area contributed by atoms with Gasteiger partial charge in [0.2, 0.25) is 0 Å². The van der Waals surface area contributed by atoms with Gasteiger partial charge in [-0.05, 0) is 36.2 Å². The molecule has 2 aromatic rings. The molecule has 0 fully saturated rings. The minimum atomic E-state index is -0.414. The molecule has 0 spiro atoms. The third-order valence-corrected chi connectivity index (χ3v) is 3.01. The third-order valence-electron chi connectivity index (χ3n) is 3.01. The SMILES string of the molecule is COc1cccc(COC(=O)c2c(C)cccc2N)c1. The predicted molar refractivity (Wildman–Crippen MR) is 77.7 cm³/mol. The first-order valence-electron chi connectivity index (χ1n) is 6.27. The van der Waals surface area contributed by atoms with Gasteiger partial charge in [0, 0.05) is 5.69 Å². The second kappa shape index (κ2) is 6.10. The van der Waals surface area contributed by atoms with Gasteiger partial charge < -0.3 is 15.2 Å². The molecule has 2 N–H and O–H groups in total. The summed E-state index contributed by atoms with van der Waals surface area (Å²) in [6.07, 6.45) is 0. The number of esters is 1. The molecule has 4 nitrogen and oxygen atoms in total. The van der Waals surface area contributed by atoms with Gasteiger partial charge in [-0.25, -0.2) is 4.79 Å². The summed E-state index contributed by atoms with van der Waals surface area (Å²) in [7, 11) is 1.60. The average Bonchev–Trinajstić information content (AvgIpc) is 2.45. The fourth-order valence-electron chi connectivity index (χ4n) is 1.95. The van der Waals surface area contributed by atoms with E-state index < -0.39 is 5.97 Å². The zero-order valence-corrected chi connectivity index (χ0v) is 11.6. The number of rotatable bonds is 4. The van der Waals surface area contributed by atoms with E-state index >= 15 is 0 Å². The largest absolute Gasteiger partial charge is 0.497 e. The van der Waals surface area contributed by atoms with Gasteiger partial charge in [-0.1, -0.05) is 24.3 Å². The molecule has 4 heteroatoms. The van der Waals surface area contributed by atoms with Crippen LogP contribution >= 0.6 is 0 Å². The predicted octanol–water partition coefficient (Wildman–Crippen LogP) is 2.94. The van der Waals surface area contributed by atoms with Crippen LogP contribution in [0.2, 0.25) is 0 Å². The molecule has 0 saturated heterocycles. The normalized spacial score (nSPS) is 10.1. The molecular weight excluding hydrogens is 254 g/mol. The molecule has 2 rings (SSSR count). The topological polar surface area (TPSA) is 61.5 Å². The maximum Gasteiger partial charge on any atom is 0.340 e. The molecule has 0 amide bonds. The summed E-state index contributed by atoms with van der Waals surface area (Å²) in [5.74, 6) is 0.317. The van der Waals surface area contributed by atoms with Crippen LogP contribution < -0.4 is 10.5 Å². The molecule has 0 saturated carbocycles. The van der Waals surface area contributed by atoms with Gasteiger partial charge in [0.05, 0.1) is 12.7 Å². The van der Waals surface area contributed by atoms with E-state index in [1.165, 1.54) is 0 Å². The van der Waals surface area contributed by atoms with E-state index in [9.17, 15) is 4.79 Å². The highest BCUT2D eigenvalue weighted by molar-refractivity contribution is 5.96. The number of anilines is 1. The first kappa shape index (κ1) is 13.9. The van der Waals surface area contributed by atoms with Crippen molar-refractivity contribution in [3.05, 3.63) is 59.2 Å². The Morgan fingerprint density at radius 1 is 1.20 bits per heavy atom. The van der Waals surface area contributed by atoms with Crippen molar-refractivity contribution in [2.45, 2.75) is 13.5 Å². The Morgan fingerprint density at radius 3 is 2.65 bits per heavy atom. The number of methoxy groups -OCH3 is 1. The maximum absolute atomic E-state index is 12.1. The zero-order chi connectivity index (χ0) is 14.5. The molecular formula is C16H17NO3. The smallest absolute Gasteiger partial charge is 0.340 e. The van der Waals surface area contributed by atoms with Crippen molar-refractivity contribution in [1.29, 1.82) is 0 Å². The Morgan fingerprint density at radius 2 is 1.95 bits per heavy atom. The van der Waals surface area contributed by atoms with Gasteiger partial charge in [0.15, 0.2) is 0 Å². The molecule has 0 aliphatic heterocycles. The lowest BCUT2D eigenvalue weighted by atomic mass is 10.1. The average molecular weight is 271 g/mol. The van der Waals surface area contributed by atoms with Gasteiger partial charge in [-0.3, -0.25) is 0 Å². The van der Waals surface area contributed by atoms with Crippen molar-refractivity contribution < 1.29 is 14.3 Å². The Hall–Kier alpha value is -2.49. The van der Waals surface area contributed by atoms with E-state index in [0.29, 0.717) is 11.3 Å². The van der Waals surface area contributed by atoms with Gasteiger partial charge in [-0.15, -0.1) is 0 Å². The first-order valence-corrected chi connectivity index (χ1v) is 6.27. The van der Waals surface area contributed by atoms with E-state index in [0.717, 1.165) is 16.9 Å². The highest BCUT2D eigenvalue weighted by Crippen LogP contribution is 2.19. The second-order valence-corrected chi connectivity index (χ2v) is 4.47. The van der Waals surface area contributed by atoms with Crippen molar-refractivity contribution in [3.63, 3.8) is 0 Å². The van der Waals surface area contributed by atoms with E-state index in [1.807, 2.05) is 43.3 Å². The molecule has 0 radical (unpaired) electrons. The number of carbonyl (C=O) groups is 1. The minimum absolute atomic E-state index is 0.184. The summed E-state index contributed by atoms with van der Waals surface area (Å²) < 4.78 is 10.4. The van der Waals surface area contributed by atoms with Crippen LogP contribution in [0.4, 0.5) is 5.69 Å². The molecule has 0 aromatic heterocycles. The number of hydrogen-bond acceptors (Lipinski definition) is 4. The minimum Gasteiger partial charge on any atom is -0.497 e. The third kappa shape index (κ3) is 3.09. The number of aryl methyl sites for hydroxylation is 1. The van der Waals surface area contributed by atoms with Crippen molar-refractivity contribution in [2.75, 3.05) is 12.8 Å². The van der Waals surface area contributed by atoms with E-state index in [-0.39, 0.29) is 6.61 Å². The number of ether oxygens (including phenoxy) is 2. The number of hydrogen-bond donors (Lipinski definition) is 1. The Labute approximate surface area is 118 Å². The fraction of sp³-hybridized carbons (Fsp3) is 0.188. The van der Waals surface area contributed by atoms with Gasteiger partial charge in [-0.2, -0.15) is 0 Å². The second-order valence-electron chi connectivity index (χ2n) is 4.47. The van der Waals surface area contributed by atoms with Crippen molar-refractivity contribution in [3.8, 4) is 5.75 Å². The maximum atomic E-state index is 12.1. The summed E-state index contributed by atoms with van der Waals surface area (Å²) in [5.41, 5.74) is 8.35. The number of nitrogen functional groups attached to an aromatic ring is 1. The van der Waals surface area contributed by atoms with E-state index in [2.05, 4.69) is 0 Å². The number of benzene rings is 2. The quantitative estimate of drug-likeness (QED) is 0.686. The van der Waals surface area contributed by atoms with Crippen LogP contribution in [-0.4, -0.2) is 13.1 Å². The lowest BCUT2D eigenvalue weighted by Gasteiger charge is -2.10. The highest BCUT2D eigenvalue weighted by Gasteiger charge is 2.14. The molecule has 2 aromatic carbocycles. The summed E-state index contributed by atoms with van der Waals surface area (Å²) >= 11 is 0. The summed E-state index contributed by atoms with van der Waals surface area (Å²) in [6.45, 7) is 2.02. The Balaban J connectivity index is 2.09. The Bertz CT molecular complexity index is 603. The van der Waals surface area contributed by atoms with Crippen molar-refractivity contribution >= 4 is 11.7 Å². The molecule has 104 valence electrons. The van der Waals surface area contributed by atoms with Gasteiger partial charge in [0.1, 0.15) is 12.4 Å². The molecule has 0 bridgehead atoms. The number of nitrogens with two attached hydrogens (primary N) is 1. The molecule has 20 heavy (non-hydrogen) atoms. The first-order chi connectivity index (χ1) is 9.61. The molecule has 0 atom stereocenters. The van der Waals surface area contributed by atoms with Gasteiger partial charge in [0.25, 0.3) is 0 Å². The lowest BCUT2D eigenvalue weighted by molar-refractivity contribution is 0.0473. The van der Waals surface area contributed by atoms with Crippen LogP contribution in [0.5, 0.6) is 5.75 Å². The summed E-state index contributed by atoms with van der Waals surface area (Å²) in [5, 5.41) is 0.